The molecular formula is C17H26N2O2. The molecule has 1 aromatic rings. The Morgan fingerprint density at radius 2 is 2.05 bits per heavy atom. The molecule has 1 saturated heterocycles. The highest BCUT2D eigenvalue weighted by atomic mass is 16.6. The van der Waals surface area contributed by atoms with Crippen molar-refractivity contribution < 1.29 is 9.53 Å². The van der Waals surface area contributed by atoms with Crippen molar-refractivity contribution in [3.8, 4) is 0 Å². The van der Waals surface area contributed by atoms with Gasteiger partial charge in [-0.25, -0.2) is 4.79 Å². The average Bonchev–Trinajstić information content (AvgIpc) is 2.38. The number of alkyl carbamates (subject to hydrolysis) is 1. The Balaban J connectivity index is 2.09. The molecular weight excluding hydrogens is 264 g/mol. The molecule has 1 aliphatic rings. The SMILES string of the molecule is Cc1ccccc1C1NCCC[C@H]1NC(=O)OC(C)(C)C. The Morgan fingerprint density at radius 1 is 1.33 bits per heavy atom. The summed E-state index contributed by atoms with van der Waals surface area (Å²) in [5.74, 6) is 0. The largest absolute Gasteiger partial charge is 0.444 e. The van der Waals surface area contributed by atoms with Crippen molar-refractivity contribution in [1.82, 2.24) is 10.6 Å². The van der Waals surface area contributed by atoms with Gasteiger partial charge in [0.15, 0.2) is 0 Å². The van der Waals surface area contributed by atoms with Crippen LogP contribution in [-0.2, 0) is 4.74 Å². The molecule has 4 nitrogen and oxygen atoms in total. The lowest BCUT2D eigenvalue weighted by Gasteiger charge is -2.34. The van der Waals surface area contributed by atoms with Crippen LogP contribution in [-0.4, -0.2) is 24.3 Å². The van der Waals surface area contributed by atoms with Gasteiger partial charge in [0.2, 0.25) is 0 Å². The van der Waals surface area contributed by atoms with Gasteiger partial charge >= 0.3 is 6.09 Å². The number of rotatable bonds is 2. The van der Waals surface area contributed by atoms with Crippen molar-refractivity contribution in [1.29, 1.82) is 0 Å². The summed E-state index contributed by atoms with van der Waals surface area (Å²) < 4.78 is 5.38. The molecule has 2 atom stereocenters. The first-order chi connectivity index (χ1) is 9.87. The van der Waals surface area contributed by atoms with Crippen LogP contribution in [0, 0.1) is 6.92 Å². The summed E-state index contributed by atoms with van der Waals surface area (Å²) in [6, 6.07) is 8.53. The van der Waals surface area contributed by atoms with Crippen molar-refractivity contribution in [2.75, 3.05) is 6.54 Å². The maximum Gasteiger partial charge on any atom is 0.407 e. The molecule has 2 rings (SSSR count). The zero-order valence-electron chi connectivity index (χ0n) is 13.4. The molecule has 0 aromatic heterocycles. The molecule has 116 valence electrons. The van der Waals surface area contributed by atoms with E-state index in [2.05, 4.69) is 29.7 Å². The van der Waals surface area contributed by atoms with Crippen molar-refractivity contribution in [2.45, 2.75) is 58.2 Å². The second kappa shape index (κ2) is 6.48. The Labute approximate surface area is 127 Å². The number of ether oxygens (including phenoxy) is 1. The molecule has 21 heavy (non-hydrogen) atoms. The highest BCUT2D eigenvalue weighted by Gasteiger charge is 2.29. The lowest BCUT2D eigenvalue weighted by Crippen LogP contribution is -2.49. The molecule has 0 aliphatic carbocycles. The molecule has 1 fully saturated rings. The summed E-state index contributed by atoms with van der Waals surface area (Å²) in [7, 11) is 0. The highest BCUT2D eigenvalue weighted by Crippen LogP contribution is 2.26. The summed E-state index contributed by atoms with van der Waals surface area (Å²) in [6.07, 6.45) is 1.68. The van der Waals surface area contributed by atoms with Crippen LogP contribution in [0.25, 0.3) is 0 Å². The molecule has 4 heteroatoms. The number of benzene rings is 1. The maximum atomic E-state index is 12.0. The minimum atomic E-state index is -0.468. The van der Waals surface area contributed by atoms with Crippen LogP contribution in [0.5, 0.6) is 0 Å². The fourth-order valence-corrected chi connectivity index (χ4v) is 2.77. The van der Waals surface area contributed by atoms with Crippen LogP contribution in [0.4, 0.5) is 4.79 Å². The predicted octanol–water partition coefficient (Wildman–Crippen LogP) is 3.31. The monoisotopic (exact) mass is 290 g/mol. The van der Waals surface area contributed by atoms with E-state index in [4.69, 9.17) is 4.74 Å². The predicted molar refractivity (Wildman–Crippen MR) is 84.3 cm³/mol. The summed E-state index contributed by atoms with van der Waals surface area (Å²) >= 11 is 0. The van der Waals surface area contributed by atoms with Crippen LogP contribution >= 0.6 is 0 Å². The van der Waals surface area contributed by atoms with E-state index in [1.165, 1.54) is 11.1 Å². The fourth-order valence-electron chi connectivity index (χ4n) is 2.77. The first kappa shape index (κ1) is 15.8. The zero-order valence-corrected chi connectivity index (χ0v) is 13.4. The van der Waals surface area contributed by atoms with E-state index in [0.717, 1.165) is 19.4 Å². The van der Waals surface area contributed by atoms with Crippen molar-refractivity contribution >= 4 is 6.09 Å². The molecule has 1 heterocycles. The van der Waals surface area contributed by atoms with Crippen LogP contribution in [0.2, 0.25) is 0 Å². The number of aryl methyl sites for hydroxylation is 1. The number of amides is 1. The summed E-state index contributed by atoms with van der Waals surface area (Å²) in [4.78, 5) is 12.0. The van der Waals surface area contributed by atoms with E-state index in [9.17, 15) is 4.79 Å². The third kappa shape index (κ3) is 4.46. The Hall–Kier alpha value is -1.55. The molecule has 1 unspecified atom stereocenters. The molecule has 1 aliphatic heterocycles. The number of nitrogens with one attached hydrogen (secondary N) is 2. The lowest BCUT2D eigenvalue weighted by molar-refractivity contribution is 0.0481. The lowest BCUT2D eigenvalue weighted by atomic mass is 9.90. The van der Waals surface area contributed by atoms with Crippen molar-refractivity contribution in [2.24, 2.45) is 0 Å². The Morgan fingerprint density at radius 3 is 2.71 bits per heavy atom. The summed E-state index contributed by atoms with van der Waals surface area (Å²) in [5.41, 5.74) is 2.02. The quantitative estimate of drug-likeness (QED) is 0.878. The molecule has 2 N–H and O–H groups in total. The number of piperidine rings is 1. The van der Waals surface area contributed by atoms with E-state index >= 15 is 0 Å². The van der Waals surface area contributed by atoms with E-state index in [0.29, 0.717) is 0 Å². The van der Waals surface area contributed by atoms with E-state index in [-0.39, 0.29) is 18.2 Å². The molecule has 0 radical (unpaired) electrons. The molecule has 0 saturated carbocycles. The smallest absolute Gasteiger partial charge is 0.407 e. The number of carbonyl (C=O) groups is 1. The standard InChI is InChI=1S/C17H26N2O2/c1-12-8-5-6-9-13(12)15-14(10-7-11-18-15)19-16(20)21-17(2,3)4/h5-6,8-9,14-15,18H,7,10-11H2,1-4H3,(H,19,20)/t14-,15?/m1/s1. The molecule has 1 aromatic carbocycles. The Kier molecular flexibility index (Phi) is 4.88. The first-order valence-electron chi connectivity index (χ1n) is 7.65. The third-order valence-electron chi connectivity index (χ3n) is 3.68. The molecule has 1 amide bonds. The van der Waals surface area contributed by atoms with Gasteiger partial charge in [-0.05, 0) is 58.2 Å². The van der Waals surface area contributed by atoms with Gasteiger partial charge < -0.3 is 15.4 Å². The van der Waals surface area contributed by atoms with Gasteiger partial charge in [-0.3, -0.25) is 0 Å². The van der Waals surface area contributed by atoms with Gasteiger partial charge in [-0.15, -0.1) is 0 Å². The van der Waals surface area contributed by atoms with Crippen molar-refractivity contribution in [3.05, 3.63) is 35.4 Å². The van der Waals surface area contributed by atoms with Crippen LogP contribution in [0.3, 0.4) is 0 Å². The van der Waals surface area contributed by atoms with Gasteiger partial charge in [0.1, 0.15) is 5.60 Å². The highest BCUT2D eigenvalue weighted by molar-refractivity contribution is 5.68. The first-order valence-corrected chi connectivity index (χ1v) is 7.65. The summed E-state index contributed by atoms with van der Waals surface area (Å²) in [5, 5.41) is 6.55. The zero-order chi connectivity index (χ0) is 15.5. The van der Waals surface area contributed by atoms with E-state index in [1.807, 2.05) is 32.9 Å². The second-order valence-electron chi connectivity index (χ2n) is 6.68. The Bertz CT molecular complexity index is 494. The van der Waals surface area contributed by atoms with Crippen LogP contribution in [0.1, 0.15) is 50.8 Å². The number of carbonyl (C=O) groups excluding carboxylic acids is 1. The van der Waals surface area contributed by atoms with Gasteiger partial charge in [0.05, 0.1) is 12.1 Å². The fraction of sp³-hybridized carbons (Fsp3) is 0.588. The van der Waals surface area contributed by atoms with Gasteiger partial charge in [0.25, 0.3) is 0 Å². The van der Waals surface area contributed by atoms with Crippen LogP contribution in [0.15, 0.2) is 24.3 Å². The van der Waals surface area contributed by atoms with Gasteiger partial charge in [-0.2, -0.15) is 0 Å². The number of hydrogen-bond donors (Lipinski definition) is 2. The van der Waals surface area contributed by atoms with Crippen LogP contribution < -0.4 is 10.6 Å². The topological polar surface area (TPSA) is 50.4 Å². The number of hydrogen-bond acceptors (Lipinski definition) is 3. The molecule has 0 spiro atoms. The maximum absolute atomic E-state index is 12.0. The van der Waals surface area contributed by atoms with E-state index in [1.54, 1.807) is 0 Å². The third-order valence-corrected chi connectivity index (χ3v) is 3.68. The van der Waals surface area contributed by atoms with Gasteiger partial charge in [0, 0.05) is 0 Å². The average molecular weight is 290 g/mol. The summed E-state index contributed by atoms with van der Waals surface area (Å²) in [6.45, 7) is 8.72. The van der Waals surface area contributed by atoms with Crippen molar-refractivity contribution in [3.63, 3.8) is 0 Å². The van der Waals surface area contributed by atoms with Gasteiger partial charge in [-0.1, -0.05) is 24.3 Å². The minimum absolute atomic E-state index is 0.0645. The second-order valence-corrected chi connectivity index (χ2v) is 6.68. The molecule has 0 bridgehead atoms. The van der Waals surface area contributed by atoms with E-state index < -0.39 is 5.60 Å². The minimum Gasteiger partial charge on any atom is -0.444 e. The normalized spacial score (nSPS) is 22.7.